The minimum atomic E-state index is 0.292. The van der Waals surface area contributed by atoms with Gasteiger partial charge in [-0.15, -0.1) is 0 Å². The molecule has 2 rings (SSSR count). The smallest absolute Gasteiger partial charge is 0.0723 e. The number of hydrogen-bond acceptors (Lipinski definition) is 3. The van der Waals surface area contributed by atoms with Gasteiger partial charge >= 0.3 is 0 Å². The average Bonchev–Trinajstić information content (AvgIpc) is 2.22. The van der Waals surface area contributed by atoms with Gasteiger partial charge in [0.1, 0.15) is 0 Å². The van der Waals surface area contributed by atoms with Crippen LogP contribution in [0.3, 0.4) is 0 Å². The molecule has 1 aliphatic rings. The summed E-state index contributed by atoms with van der Waals surface area (Å²) in [4.78, 5) is 6.53. The third-order valence-corrected chi connectivity index (χ3v) is 3.06. The molecule has 0 aliphatic carbocycles. The standard InChI is InChI=1S/C11H15BrN2O/c1-8-7-15-9(2)6-14(8)11-3-10(12)4-13-5-11/h3-5,8-9H,6-7H2,1-2H3. The highest BCUT2D eigenvalue weighted by Gasteiger charge is 2.23. The van der Waals surface area contributed by atoms with Gasteiger partial charge in [0, 0.05) is 23.3 Å². The monoisotopic (exact) mass is 270 g/mol. The van der Waals surface area contributed by atoms with Crippen molar-refractivity contribution in [2.45, 2.75) is 26.0 Å². The second-order valence-corrected chi connectivity index (χ2v) is 4.92. The van der Waals surface area contributed by atoms with E-state index in [0.29, 0.717) is 12.1 Å². The maximum atomic E-state index is 5.60. The van der Waals surface area contributed by atoms with E-state index in [0.717, 1.165) is 23.3 Å². The second kappa shape index (κ2) is 4.49. The van der Waals surface area contributed by atoms with Crippen molar-refractivity contribution in [3.8, 4) is 0 Å². The summed E-state index contributed by atoms with van der Waals surface area (Å²) in [6, 6.07) is 2.51. The number of pyridine rings is 1. The van der Waals surface area contributed by atoms with Crippen LogP contribution in [0.15, 0.2) is 22.9 Å². The Morgan fingerprint density at radius 1 is 1.47 bits per heavy atom. The molecule has 1 aliphatic heterocycles. The molecule has 2 atom stereocenters. The number of ether oxygens (including phenoxy) is 1. The lowest BCUT2D eigenvalue weighted by Crippen LogP contribution is -2.47. The number of rotatable bonds is 1. The van der Waals surface area contributed by atoms with Gasteiger partial charge in [-0.25, -0.2) is 0 Å². The maximum absolute atomic E-state index is 5.60. The first kappa shape index (κ1) is 10.9. The van der Waals surface area contributed by atoms with Crippen LogP contribution < -0.4 is 4.90 Å². The molecule has 0 spiro atoms. The van der Waals surface area contributed by atoms with E-state index in [1.807, 2.05) is 6.20 Å². The molecule has 0 bridgehead atoms. The summed E-state index contributed by atoms with van der Waals surface area (Å²) in [7, 11) is 0. The second-order valence-electron chi connectivity index (χ2n) is 4.01. The normalized spacial score (nSPS) is 26.7. The Hall–Kier alpha value is -0.610. The zero-order valence-electron chi connectivity index (χ0n) is 8.98. The molecule has 1 aromatic rings. The van der Waals surface area contributed by atoms with Crippen LogP contribution in [0.25, 0.3) is 0 Å². The summed E-state index contributed by atoms with van der Waals surface area (Å²) in [5.41, 5.74) is 1.16. The van der Waals surface area contributed by atoms with E-state index in [1.165, 1.54) is 0 Å². The molecule has 0 amide bonds. The van der Waals surface area contributed by atoms with Gasteiger partial charge in [-0.3, -0.25) is 4.98 Å². The quantitative estimate of drug-likeness (QED) is 0.784. The lowest BCUT2D eigenvalue weighted by molar-refractivity contribution is 0.0343. The van der Waals surface area contributed by atoms with Gasteiger partial charge in [0.15, 0.2) is 0 Å². The molecule has 1 fully saturated rings. The van der Waals surface area contributed by atoms with Crippen LogP contribution in [-0.4, -0.2) is 30.3 Å². The SMILES string of the molecule is CC1CN(c2cncc(Br)c2)C(C)CO1. The topological polar surface area (TPSA) is 25.4 Å². The number of aromatic nitrogens is 1. The van der Waals surface area contributed by atoms with Gasteiger partial charge in [0.25, 0.3) is 0 Å². The third kappa shape index (κ3) is 2.49. The molecule has 1 aromatic heterocycles. The number of anilines is 1. The van der Waals surface area contributed by atoms with Crippen LogP contribution in [0.2, 0.25) is 0 Å². The van der Waals surface area contributed by atoms with Crippen LogP contribution >= 0.6 is 15.9 Å². The molecule has 4 heteroatoms. The van der Waals surface area contributed by atoms with Crippen molar-refractivity contribution < 1.29 is 4.74 Å². The number of morpholine rings is 1. The van der Waals surface area contributed by atoms with Crippen LogP contribution in [0.5, 0.6) is 0 Å². The molecule has 0 N–H and O–H groups in total. The van der Waals surface area contributed by atoms with Crippen molar-refractivity contribution in [2.75, 3.05) is 18.1 Å². The lowest BCUT2D eigenvalue weighted by atomic mass is 10.2. The molecule has 0 radical (unpaired) electrons. The first-order valence-corrected chi connectivity index (χ1v) is 5.95. The third-order valence-electron chi connectivity index (χ3n) is 2.63. The van der Waals surface area contributed by atoms with Crippen molar-refractivity contribution >= 4 is 21.6 Å². The molecule has 1 saturated heterocycles. The van der Waals surface area contributed by atoms with Crippen molar-refractivity contribution in [1.82, 2.24) is 4.98 Å². The summed E-state index contributed by atoms with van der Waals surface area (Å²) >= 11 is 3.44. The Bertz CT molecular complexity index is 345. The first-order chi connectivity index (χ1) is 7.16. The average molecular weight is 271 g/mol. The highest BCUT2D eigenvalue weighted by molar-refractivity contribution is 9.10. The Labute approximate surface area is 98.6 Å². The molecule has 0 aromatic carbocycles. The molecule has 0 saturated carbocycles. The van der Waals surface area contributed by atoms with Crippen molar-refractivity contribution in [3.63, 3.8) is 0 Å². The van der Waals surface area contributed by atoms with E-state index in [-0.39, 0.29) is 0 Å². The van der Waals surface area contributed by atoms with Gasteiger partial charge in [-0.1, -0.05) is 0 Å². The minimum Gasteiger partial charge on any atom is -0.375 e. The molecule has 2 unspecified atom stereocenters. The predicted octanol–water partition coefficient (Wildman–Crippen LogP) is 2.46. The highest BCUT2D eigenvalue weighted by Crippen LogP contribution is 2.23. The minimum absolute atomic E-state index is 0.292. The largest absolute Gasteiger partial charge is 0.375 e. The van der Waals surface area contributed by atoms with Gasteiger partial charge in [0.2, 0.25) is 0 Å². The molecular formula is C11H15BrN2O. The Morgan fingerprint density at radius 3 is 3.00 bits per heavy atom. The zero-order valence-corrected chi connectivity index (χ0v) is 10.6. The van der Waals surface area contributed by atoms with E-state index in [2.05, 4.69) is 45.7 Å². The first-order valence-electron chi connectivity index (χ1n) is 5.15. The zero-order chi connectivity index (χ0) is 10.8. The fraction of sp³-hybridized carbons (Fsp3) is 0.545. The summed E-state index contributed by atoms with van der Waals surface area (Å²) < 4.78 is 6.62. The summed E-state index contributed by atoms with van der Waals surface area (Å²) in [6.45, 7) is 5.99. The van der Waals surface area contributed by atoms with Crippen LogP contribution in [0, 0.1) is 0 Å². The fourth-order valence-electron chi connectivity index (χ4n) is 1.82. The fourth-order valence-corrected chi connectivity index (χ4v) is 2.17. The summed E-state index contributed by atoms with van der Waals surface area (Å²) in [6.07, 6.45) is 4.00. The summed E-state index contributed by atoms with van der Waals surface area (Å²) in [5, 5.41) is 0. The Kier molecular flexibility index (Phi) is 3.26. The van der Waals surface area contributed by atoms with E-state index < -0.39 is 0 Å². The van der Waals surface area contributed by atoms with Gasteiger partial charge < -0.3 is 9.64 Å². The summed E-state index contributed by atoms with van der Waals surface area (Å²) in [5.74, 6) is 0. The van der Waals surface area contributed by atoms with E-state index in [9.17, 15) is 0 Å². The van der Waals surface area contributed by atoms with Gasteiger partial charge in [-0.2, -0.15) is 0 Å². The number of hydrogen-bond donors (Lipinski definition) is 0. The van der Waals surface area contributed by atoms with Crippen molar-refractivity contribution in [3.05, 3.63) is 22.9 Å². The molecule has 3 nitrogen and oxygen atoms in total. The Morgan fingerprint density at radius 2 is 2.27 bits per heavy atom. The molecule has 2 heterocycles. The van der Waals surface area contributed by atoms with Gasteiger partial charge in [-0.05, 0) is 35.8 Å². The van der Waals surface area contributed by atoms with E-state index in [1.54, 1.807) is 6.20 Å². The number of nitrogens with zero attached hydrogens (tertiary/aromatic N) is 2. The Balaban J connectivity index is 2.21. The van der Waals surface area contributed by atoms with E-state index in [4.69, 9.17) is 4.74 Å². The maximum Gasteiger partial charge on any atom is 0.0723 e. The predicted molar refractivity (Wildman–Crippen MR) is 64.2 cm³/mol. The molecule has 82 valence electrons. The van der Waals surface area contributed by atoms with Crippen LogP contribution in [0.4, 0.5) is 5.69 Å². The van der Waals surface area contributed by atoms with Crippen LogP contribution in [0.1, 0.15) is 13.8 Å². The number of halogens is 1. The molecular weight excluding hydrogens is 256 g/mol. The van der Waals surface area contributed by atoms with Crippen molar-refractivity contribution in [1.29, 1.82) is 0 Å². The molecule has 15 heavy (non-hydrogen) atoms. The van der Waals surface area contributed by atoms with Crippen molar-refractivity contribution in [2.24, 2.45) is 0 Å². The van der Waals surface area contributed by atoms with E-state index >= 15 is 0 Å². The van der Waals surface area contributed by atoms with Gasteiger partial charge in [0.05, 0.1) is 24.6 Å². The van der Waals surface area contributed by atoms with Crippen LogP contribution in [-0.2, 0) is 4.74 Å². The lowest BCUT2D eigenvalue weighted by Gasteiger charge is -2.38. The highest BCUT2D eigenvalue weighted by atomic mass is 79.9.